The summed E-state index contributed by atoms with van der Waals surface area (Å²) in [6.07, 6.45) is 3.21. The fourth-order valence-electron chi connectivity index (χ4n) is 4.46. The van der Waals surface area contributed by atoms with Gasteiger partial charge in [0, 0.05) is 31.2 Å². The Balaban J connectivity index is 1.65. The molecule has 0 saturated heterocycles. The van der Waals surface area contributed by atoms with E-state index in [1.807, 2.05) is 49.4 Å². The smallest absolute Gasteiger partial charge is 0.321 e. The third-order valence-corrected chi connectivity index (χ3v) is 8.85. The average molecular weight is 568 g/mol. The molecule has 212 valence electrons. The van der Waals surface area contributed by atoms with E-state index in [2.05, 4.69) is 5.32 Å². The molecule has 10 heteroatoms. The molecule has 8 nitrogen and oxygen atoms in total. The highest BCUT2D eigenvalue weighted by Crippen LogP contribution is 2.34. The summed E-state index contributed by atoms with van der Waals surface area (Å²) in [7, 11) is -2.40. The van der Waals surface area contributed by atoms with E-state index in [1.165, 1.54) is 33.5 Å². The van der Waals surface area contributed by atoms with Crippen LogP contribution in [0.1, 0.15) is 25.0 Å². The van der Waals surface area contributed by atoms with Gasteiger partial charge in [0.25, 0.3) is 0 Å². The number of hydrogen-bond donors (Lipinski definition) is 2. The van der Waals surface area contributed by atoms with Crippen molar-refractivity contribution in [3.05, 3.63) is 89.7 Å². The number of urea groups is 1. The lowest BCUT2D eigenvalue weighted by molar-refractivity contribution is 0.0830. The lowest BCUT2D eigenvalue weighted by Crippen LogP contribution is -2.50. The number of carbonyl (C=O) groups is 1. The monoisotopic (exact) mass is 567 g/mol. The number of nitrogens with one attached hydrogen (secondary N) is 1. The summed E-state index contributed by atoms with van der Waals surface area (Å²) in [5.41, 5.74) is 2.05. The molecule has 3 aromatic rings. The molecule has 0 aliphatic carbocycles. The molecule has 1 aliphatic rings. The van der Waals surface area contributed by atoms with Crippen LogP contribution in [0, 0.1) is 11.7 Å². The predicted molar refractivity (Wildman–Crippen MR) is 154 cm³/mol. The first kappa shape index (κ1) is 29.3. The van der Waals surface area contributed by atoms with Crippen molar-refractivity contribution in [2.45, 2.75) is 30.9 Å². The minimum absolute atomic E-state index is 0.00609. The molecule has 1 aliphatic heterocycles. The molecule has 2 N–H and O–H groups in total. The Labute approximate surface area is 234 Å². The molecule has 40 heavy (non-hydrogen) atoms. The first-order chi connectivity index (χ1) is 19.1. The normalized spacial score (nSPS) is 19.6. The number of rotatable bonds is 7. The van der Waals surface area contributed by atoms with Crippen LogP contribution in [-0.2, 0) is 10.0 Å². The minimum atomic E-state index is -3.99. The van der Waals surface area contributed by atoms with Crippen LogP contribution in [0.3, 0.4) is 0 Å². The van der Waals surface area contributed by atoms with Gasteiger partial charge >= 0.3 is 6.03 Å². The fraction of sp³-hybridized carbons (Fsp3) is 0.300. The SMILES string of the molecule is C[C@H](CO)N1C[C@H](C)[C@@H](CN(C)C(=O)Nc2cccc(F)c2)Oc2cc(/C=C/c3ccccc3)ccc2S1(=O)=O. The Hall–Kier alpha value is -3.73. The molecule has 2 amide bonds. The number of fused-ring (bicyclic) bond motifs is 1. The Morgan fingerprint density at radius 2 is 1.85 bits per heavy atom. The van der Waals surface area contributed by atoms with Gasteiger partial charge in [-0.25, -0.2) is 17.6 Å². The third-order valence-electron chi connectivity index (χ3n) is 6.84. The maximum atomic E-state index is 13.7. The van der Waals surface area contributed by atoms with E-state index < -0.39 is 34.0 Å². The Morgan fingerprint density at radius 1 is 1.12 bits per heavy atom. The number of ether oxygens (including phenoxy) is 1. The van der Waals surface area contributed by atoms with Gasteiger partial charge in [-0.2, -0.15) is 4.31 Å². The van der Waals surface area contributed by atoms with E-state index in [1.54, 1.807) is 32.2 Å². The van der Waals surface area contributed by atoms with Crippen LogP contribution in [0.2, 0.25) is 0 Å². The molecule has 0 fully saturated rings. The van der Waals surface area contributed by atoms with Gasteiger partial charge < -0.3 is 20.1 Å². The van der Waals surface area contributed by atoms with Crippen LogP contribution < -0.4 is 10.1 Å². The highest BCUT2D eigenvalue weighted by molar-refractivity contribution is 7.89. The Bertz CT molecular complexity index is 1470. The molecule has 0 saturated carbocycles. The van der Waals surface area contributed by atoms with Crippen molar-refractivity contribution in [3.63, 3.8) is 0 Å². The van der Waals surface area contributed by atoms with Crippen molar-refractivity contribution in [3.8, 4) is 5.75 Å². The number of nitrogens with zero attached hydrogens (tertiary/aromatic N) is 2. The number of hydrogen-bond acceptors (Lipinski definition) is 5. The van der Waals surface area contributed by atoms with E-state index in [4.69, 9.17) is 4.74 Å². The highest BCUT2D eigenvalue weighted by Gasteiger charge is 2.38. The number of anilines is 1. The van der Waals surface area contributed by atoms with Crippen LogP contribution >= 0.6 is 0 Å². The molecule has 0 spiro atoms. The van der Waals surface area contributed by atoms with Crippen LogP contribution in [0.4, 0.5) is 14.9 Å². The van der Waals surface area contributed by atoms with Gasteiger partial charge in [0.05, 0.1) is 13.2 Å². The maximum Gasteiger partial charge on any atom is 0.321 e. The minimum Gasteiger partial charge on any atom is -0.487 e. The van der Waals surface area contributed by atoms with Gasteiger partial charge in [-0.15, -0.1) is 0 Å². The fourth-order valence-corrected chi connectivity index (χ4v) is 6.28. The van der Waals surface area contributed by atoms with Crippen molar-refractivity contribution in [2.75, 3.05) is 32.1 Å². The Kier molecular flexibility index (Phi) is 9.24. The van der Waals surface area contributed by atoms with Gasteiger partial charge in [0.15, 0.2) is 0 Å². The second-order valence-corrected chi connectivity index (χ2v) is 11.9. The van der Waals surface area contributed by atoms with E-state index >= 15 is 0 Å². The van der Waals surface area contributed by atoms with Gasteiger partial charge in [0.2, 0.25) is 10.0 Å². The van der Waals surface area contributed by atoms with Gasteiger partial charge in [-0.1, -0.05) is 61.5 Å². The quantitative estimate of drug-likeness (QED) is 0.395. The van der Waals surface area contributed by atoms with Gasteiger partial charge in [-0.05, 0) is 48.4 Å². The zero-order chi connectivity index (χ0) is 28.9. The van der Waals surface area contributed by atoms with Crippen LogP contribution in [-0.4, -0.2) is 67.7 Å². The topological polar surface area (TPSA) is 99.2 Å². The number of carbonyl (C=O) groups excluding carboxylic acids is 1. The zero-order valence-corrected chi connectivity index (χ0v) is 23.5. The lowest BCUT2D eigenvalue weighted by atomic mass is 10.0. The molecular formula is C30H34FN3O5S. The molecule has 4 rings (SSSR count). The summed E-state index contributed by atoms with van der Waals surface area (Å²) in [5.74, 6) is -0.642. The molecule has 0 unspecified atom stereocenters. The van der Waals surface area contributed by atoms with Gasteiger partial charge in [-0.3, -0.25) is 0 Å². The van der Waals surface area contributed by atoms with E-state index in [0.29, 0.717) is 5.69 Å². The zero-order valence-electron chi connectivity index (χ0n) is 22.7. The molecule has 1 heterocycles. The summed E-state index contributed by atoms with van der Waals surface area (Å²) in [5, 5.41) is 12.5. The summed E-state index contributed by atoms with van der Waals surface area (Å²) in [6.45, 7) is 3.37. The van der Waals surface area contributed by atoms with Crippen molar-refractivity contribution < 1.29 is 27.4 Å². The largest absolute Gasteiger partial charge is 0.487 e. The number of halogens is 1. The first-order valence-electron chi connectivity index (χ1n) is 13.0. The average Bonchev–Trinajstić information content (AvgIpc) is 2.93. The van der Waals surface area contributed by atoms with Crippen LogP contribution in [0.15, 0.2) is 77.7 Å². The molecule has 0 bridgehead atoms. The van der Waals surface area contributed by atoms with Crippen LogP contribution in [0.5, 0.6) is 5.75 Å². The molecular weight excluding hydrogens is 533 g/mol. The number of aliphatic hydroxyl groups excluding tert-OH is 1. The predicted octanol–water partition coefficient (Wildman–Crippen LogP) is 4.93. The van der Waals surface area contributed by atoms with Crippen LogP contribution in [0.25, 0.3) is 12.2 Å². The molecule has 3 aromatic carbocycles. The first-order valence-corrected chi connectivity index (χ1v) is 14.5. The van der Waals surface area contributed by atoms with E-state index in [9.17, 15) is 22.7 Å². The number of benzene rings is 3. The summed E-state index contributed by atoms with van der Waals surface area (Å²) < 4.78 is 48.6. The summed E-state index contributed by atoms with van der Waals surface area (Å²) >= 11 is 0. The highest BCUT2D eigenvalue weighted by atomic mass is 32.2. The Morgan fingerprint density at radius 3 is 2.55 bits per heavy atom. The molecule has 0 radical (unpaired) electrons. The number of likely N-dealkylation sites (N-methyl/N-ethyl adjacent to an activating group) is 1. The second-order valence-electron chi connectivity index (χ2n) is 10.0. The second kappa shape index (κ2) is 12.6. The summed E-state index contributed by atoms with van der Waals surface area (Å²) in [4.78, 5) is 14.3. The van der Waals surface area contributed by atoms with Crippen molar-refractivity contribution in [1.82, 2.24) is 9.21 Å². The molecule has 3 atom stereocenters. The van der Waals surface area contributed by atoms with Crippen molar-refractivity contribution in [2.24, 2.45) is 5.92 Å². The van der Waals surface area contributed by atoms with Crippen molar-refractivity contribution >= 4 is 33.9 Å². The van der Waals surface area contributed by atoms with Crippen molar-refractivity contribution in [1.29, 1.82) is 0 Å². The lowest BCUT2D eigenvalue weighted by Gasteiger charge is -2.37. The standard InChI is InChI=1S/C30H34FN3O5S/c1-21-18-34(22(2)20-35)40(37,38)29-15-14-24(13-12-23-8-5-4-6-9-23)16-27(29)39-28(21)19-33(3)30(36)32-26-11-7-10-25(31)17-26/h4-17,21-22,28,35H,18-20H2,1-3H3,(H,32,36)/b13-12+/t21-,22+,28+/m0/s1. The van der Waals surface area contributed by atoms with Gasteiger partial charge in [0.1, 0.15) is 22.6 Å². The number of amides is 2. The third kappa shape index (κ3) is 6.88. The number of sulfonamides is 1. The summed E-state index contributed by atoms with van der Waals surface area (Å²) in [6, 6.07) is 19.1. The van der Waals surface area contributed by atoms with E-state index in [0.717, 1.165) is 11.1 Å². The maximum absolute atomic E-state index is 13.7. The number of aliphatic hydroxyl groups is 1. The molecule has 0 aromatic heterocycles. The van der Waals surface area contributed by atoms with E-state index in [-0.39, 0.29) is 36.3 Å².